The van der Waals surface area contributed by atoms with Gasteiger partial charge in [0.1, 0.15) is 11.5 Å². The number of amides is 2. The van der Waals surface area contributed by atoms with Crippen LogP contribution in [0.1, 0.15) is 39.2 Å². The van der Waals surface area contributed by atoms with Crippen LogP contribution in [0, 0.1) is 6.92 Å². The standard InChI is InChI=1S/C18H16F3N5O2/c1-3-26-10(2)23-13-8-11(4-6-14(13)26)16(27)24-25-17(28)12-5-7-15(22-9-12)18(19,20)21/h4-9H,3H2,1-2H3,(H,24,27)(H,25,28). The highest BCUT2D eigenvalue weighted by atomic mass is 19.4. The van der Waals surface area contributed by atoms with E-state index in [2.05, 4.69) is 20.8 Å². The minimum absolute atomic E-state index is 0.124. The molecular formula is C18H16F3N5O2. The normalized spacial score (nSPS) is 11.5. The van der Waals surface area contributed by atoms with E-state index in [1.165, 1.54) is 0 Å². The Morgan fingerprint density at radius 2 is 1.71 bits per heavy atom. The smallest absolute Gasteiger partial charge is 0.329 e. The van der Waals surface area contributed by atoms with Gasteiger partial charge in [0.2, 0.25) is 0 Å². The van der Waals surface area contributed by atoms with Crippen LogP contribution in [0.15, 0.2) is 36.5 Å². The zero-order valence-corrected chi connectivity index (χ0v) is 15.0. The van der Waals surface area contributed by atoms with Gasteiger partial charge in [0.25, 0.3) is 11.8 Å². The quantitative estimate of drug-likeness (QED) is 0.672. The summed E-state index contributed by atoms with van der Waals surface area (Å²) >= 11 is 0. The number of nitrogens with zero attached hydrogens (tertiary/aromatic N) is 3. The minimum atomic E-state index is -4.59. The van der Waals surface area contributed by atoms with Gasteiger partial charge in [0, 0.05) is 18.3 Å². The number of hydrazine groups is 1. The van der Waals surface area contributed by atoms with Crippen molar-refractivity contribution in [1.29, 1.82) is 0 Å². The first-order valence-corrected chi connectivity index (χ1v) is 8.31. The number of hydrogen-bond acceptors (Lipinski definition) is 4. The molecule has 10 heteroatoms. The van der Waals surface area contributed by atoms with E-state index in [0.29, 0.717) is 11.6 Å². The van der Waals surface area contributed by atoms with Gasteiger partial charge in [-0.15, -0.1) is 0 Å². The number of rotatable bonds is 3. The molecule has 28 heavy (non-hydrogen) atoms. The number of carbonyl (C=O) groups is 2. The first kappa shape index (κ1) is 19.3. The first-order valence-electron chi connectivity index (χ1n) is 8.31. The van der Waals surface area contributed by atoms with Crippen molar-refractivity contribution in [2.24, 2.45) is 0 Å². The molecule has 2 N–H and O–H groups in total. The number of imidazole rings is 1. The van der Waals surface area contributed by atoms with Crippen LogP contribution < -0.4 is 10.9 Å². The van der Waals surface area contributed by atoms with Gasteiger partial charge in [0.15, 0.2) is 0 Å². The number of halogens is 3. The van der Waals surface area contributed by atoms with Crippen molar-refractivity contribution in [2.75, 3.05) is 0 Å². The lowest BCUT2D eigenvalue weighted by Crippen LogP contribution is -2.41. The summed E-state index contributed by atoms with van der Waals surface area (Å²) < 4.78 is 39.5. The Morgan fingerprint density at radius 1 is 1.07 bits per heavy atom. The van der Waals surface area contributed by atoms with Crippen LogP contribution in [-0.4, -0.2) is 26.3 Å². The number of carbonyl (C=O) groups excluding carboxylic acids is 2. The highest BCUT2D eigenvalue weighted by Gasteiger charge is 2.32. The molecule has 7 nitrogen and oxygen atoms in total. The number of aromatic nitrogens is 3. The Kier molecular flexibility index (Phi) is 5.04. The van der Waals surface area contributed by atoms with Crippen molar-refractivity contribution < 1.29 is 22.8 Å². The van der Waals surface area contributed by atoms with Gasteiger partial charge in [-0.25, -0.2) is 4.98 Å². The molecule has 146 valence electrons. The zero-order valence-electron chi connectivity index (χ0n) is 15.0. The second-order valence-corrected chi connectivity index (χ2v) is 5.94. The highest BCUT2D eigenvalue weighted by Crippen LogP contribution is 2.27. The number of nitrogens with one attached hydrogen (secondary N) is 2. The zero-order chi connectivity index (χ0) is 20.5. The van der Waals surface area contributed by atoms with E-state index >= 15 is 0 Å². The van der Waals surface area contributed by atoms with Crippen LogP contribution in [0.5, 0.6) is 0 Å². The van der Waals surface area contributed by atoms with Crippen LogP contribution in [-0.2, 0) is 12.7 Å². The molecule has 0 saturated carbocycles. The van der Waals surface area contributed by atoms with Crippen LogP contribution >= 0.6 is 0 Å². The summed E-state index contributed by atoms with van der Waals surface area (Å²) in [6.07, 6.45) is -3.80. The highest BCUT2D eigenvalue weighted by molar-refractivity contribution is 6.00. The van der Waals surface area contributed by atoms with Crippen LogP contribution in [0.3, 0.4) is 0 Å². The maximum atomic E-state index is 12.5. The Morgan fingerprint density at radius 3 is 2.29 bits per heavy atom. The third kappa shape index (κ3) is 3.80. The third-order valence-electron chi connectivity index (χ3n) is 4.12. The molecule has 0 unspecified atom stereocenters. The minimum Gasteiger partial charge on any atom is -0.329 e. The van der Waals surface area contributed by atoms with E-state index in [1.807, 2.05) is 18.4 Å². The lowest BCUT2D eigenvalue weighted by Gasteiger charge is -2.09. The Balaban J connectivity index is 1.68. The van der Waals surface area contributed by atoms with Gasteiger partial charge in [0.05, 0.1) is 16.6 Å². The van der Waals surface area contributed by atoms with Gasteiger partial charge in [-0.2, -0.15) is 13.2 Å². The third-order valence-corrected chi connectivity index (χ3v) is 4.12. The number of pyridine rings is 1. The fraction of sp³-hybridized carbons (Fsp3) is 0.222. The SMILES string of the molecule is CCn1c(C)nc2cc(C(=O)NNC(=O)c3ccc(C(F)(F)F)nc3)ccc21. The Hall–Kier alpha value is -3.43. The predicted octanol–water partition coefficient (Wildman–Crippen LogP) is 2.85. The molecule has 1 aromatic carbocycles. The number of fused-ring (bicyclic) bond motifs is 1. The predicted molar refractivity (Wildman–Crippen MR) is 94.3 cm³/mol. The second-order valence-electron chi connectivity index (χ2n) is 5.94. The molecule has 0 saturated heterocycles. The summed E-state index contributed by atoms with van der Waals surface area (Å²) in [7, 11) is 0. The fourth-order valence-electron chi connectivity index (χ4n) is 2.74. The summed E-state index contributed by atoms with van der Waals surface area (Å²) in [5.41, 5.74) is 4.94. The van der Waals surface area contributed by atoms with Crippen LogP contribution in [0.25, 0.3) is 11.0 Å². The lowest BCUT2D eigenvalue weighted by molar-refractivity contribution is -0.141. The summed E-state index contributed by atoms with van der Waals surface area (Å²) in [5, 5.41) is 0. The molecule has 2 heterocycles. The molecule has 0 aliphatic rings. The van der Waals surface area contributed by atoms with Crippen molar-refractivity contribution in [3.63, 3.8) is 0 Å². The van der Waals surface area contributed by atoms with Gasteiger partial charge in [-0.1, -0.05) is 0 Å². The largest absolute Gasteiger partial charge is 0.433 e. The maximum Gasteiger partial charge on any atom is 0.433 e. The number of alkyl halides is 3. The van der Waals surface area contributed by atoms with Gasteiger partial charge in [-0.3, -0.25) is 25.4 Å². The molecule has 3 aromatic rings. The Labute approximate surface area is 157 Å². The molecule has 0 radical (unpaired) electrons. The van der Waals surface area contributed by atoms with E-state index in [1.54, 1.807) is 18.2 Å². The Bertz CT molecular complexity index is 1040. The van der Waals surface area contributed by atoms with E-state index in [4.69, 9.17) is 0 Å². The van der Waals surface area contributed by atoms with Gasteiger partial charge < -0.3 is 4.57 Å². The molecule has 2 amide bonds. The molecular weight excluding hydrogens is 375 g/mol. The maximum absolute atomic E-state index is 12.5. The molecule has 0 atom stereocenters. The first-order chi connectivity index (χ1) is 13.2. The molecule has 0 aliphatic heterocycles. The molecule has 0 aliphatic carbocycles. The second kappa shape index (κ2) is 7.29. The summed E-state index contributed by atoms with van der Waals surface area (Å²) in [6, 6.07) is 6.61. The summed E-state index contributed by atoms with van der Waals surface area (Å²) in [4.78, 5) is 31.8. The number of benzene rings is 1. The van der Waals surface area contributed by atoms with Crippen LogP contribution in [0.2, 0.25) is 0 Å². The van der Waals surface area contributed by atoms with Crippen molar-refractivity contribution in [3.05, 3.63) is 59.2 Å². The number of hydrogen-bond donors (Lipinski definition) is 2. The summed E-state index contributed by atoms with van der Waals surface area (Å²) in [6.45, 7) is 4.59. The molecule has 3 rings (SSSR count). The van der Waals surface area contributed by atoms with Crippen molar-refractivity contribution >= 4 is 22.8 Å². The van der Waals surface area contributed by atoms with E-state index in [9.17, 15) is 22.8 Å². The molecule has 0 spiro atoms. The van der Waals surface area contributed by atoms with Crippen molar-refractivity contribution in [3.8, 4) is 0 Å². The number of aryl methyl sites for hydroxylation is 2. The monoisotopic (exact) mass is 391 g/mol. The average molecular weight is 391 g/mol. The van der Waals surface area contributed by atoms with E-state index in [0.717, 1.165) is 30.1 Å². The molecule has 0 fully saturated rings. The molecule has 0 bridgehead atoms. The van der Waals surface area contributed by atoms with Gasteiger partial charge in [-0.05, 0) is 44.2 Å². The lowest BCUT2D eigenvalue weighted by atomic mass is 10.2. The van der Waals surface area contributed by atoms with Crippen molar-refractivity contribution in [1.82, 2.24) is 25.4 Å². The topological polar surface area (TPSA) is 88.9 Å². The average Bonchev–Trinajstić information content (AvgIpc) is 2.99. The summed E-state index contributed by atoms with van der Waals surface area (Å²) in [5.74, 6) is -0.557. The van der Waals surface area contributed by atoms with E-state index < -0.39 is 23.7 Å². The van der Waals surface area contributed by atoms with Gasteiger partial charge >= 0.3 is 6.18 Å². The molecule has 2 aromatic heterocycles. The van der Waals surface area contributed by atoms with Crippen molar-refractivity contribution in [2.45, 2.75) is 26.6 Å². The van der Waals surface area contributed by atoms with Crippen LogP contribution in [0.4, 0.5) is 13.2 Å². The van der Waals surface area contributed by atoms with E-state index in [-0.39, 0.29) is 11.1 Å². The fourth-order valence-corrected chi connectivity index (χ4v) is 2.74.